The van der Waals surface area contributed by atoms with Gasteiger partial charge in [0.2, 0.25) is 0 Å². The zero-order valence-electron chi connectivity index (χ0n) is 20.0. The third-order valence-corrected chi connectivity index (χ3v) is 5.62. The Kier molecular flexibility index (Phi) is 7.15. The van der Waals surface area contributed by atoms with Crippen LogP contribution in [0.25, 0.3) is 5.76 Å². The van der Waals surface area contributed by atoms with Crippen molar-refractivity contribution in [3.8, 4) is 11.5 Å². The van der Waals surface area contributed by atoms with E-state index in [4.69, 9.17) is 9.47 Å². The summed E-state index contributed by atoms with van der Waals surface area (Å²) in [5.74, 6) is -0.299. The van der Waals surface area contributed by atoms with Gasteiger partial charge in [0.05, 0.1) is 24.3 Å². The van der Waals surface area contributed by atoms with Gasteiger partial charge in [-0.2, -0.15) is 0 Å². The Morgan fingerprint density at radius 1 is 1.03 bits per heavy atom. The first-order valence-corrected chi connectivity index (χ1v) is 11.6. The average Bonchev–Trinajstić information content (AvgIpc) is 3.10. The maximum Gasteiger partial charge on any atom is 0.295 e. The van der Waals surface area contributed by atoms with Gasteiger partial charge >= 0.3 is 0 Å². The molecule has 1 N–H and O–H groups in total. The number of aliphatic hydroxyl groups is 1. The third kappa shape index (κ3) is 5.19. The molecule has 7 nitrogen and oxygen atoms in total. The Bertz CT molecular complexity index is 1220. The molecule has 3 aromatic rings. The summed E-state index contributed by atoms with van der Waals surface area (Å²) in [5, 5.41) is 11.2. The highest BCUT2D eigenvalue weighted by molar-refractivity contribution is 6.46. The fourth-order valence-electron chi connectivity index (χ4n) is 4.11. The van der Waals surface area contributed by atoms with Crippen LogP contribution in [0.5, 0.6) is 11.5 Å². The molecule has 4 rings (SSSR count). The fraction of sp³-hybridized carbons (Fsp3) is 0.250. The van der Waals surface area contributed by atoms with Gasteiger partial charge in [-0.25, -0.2) is 0 Å². The van der Waals surface area contributed by atoms with Crippen molar-refractivity contribution in [2.75, 3.05) is 6.61 Å². The van der Waals surface area contributed by atoms with Crippen LogP contribution in [-0.4, -0.2) is 39.4 Å². The maximum absolute atomic E-state index is 13.2. The number of carbonyl (C=O) groups excluding carboxylic acids is 2. The predicted octanol–water partition coefficient (Wildman–Crippen LogP) is 4.89. The second kappa shape index (κ2) is 10.4. The molecule has 2 aromatic carbocycles. The number of pyridine rings is 1. The summed E-state index contributed by atoms with van der Waals surface area (Å²) in [7, 11) is 0. The number of Topliss-reactive ketones (excluding diaryl/α,β-unsaturated/α-hetero) is 1. The van der Waals surface area contributed by atoms with Crippen LogP contribution in [-0.2, 0) is 16.1 Å². The monoisotopic (exact) mass is 472 g/mol. The van der Waals surface area contributed by atoms with E-state index in [1.165, 1.54) is 4.90 Å². The van der Waals surface area contributed by atoms with E-state index in [9.17, 15) is 14.7 Å². The highest BCUT2D eigenvalue weighted by Gasteiger charge is 2.46. The first kappa shape index (κ1) is 24.0. The molecule has 1 atom stereocenters. The molecule has 1 aromatic heterocycles. The number of ether oxygens (including phenoxy) is 2. The van der Waals surface area contributed by atoms with E-state index in [1.54, 1.807) is 54.9 Å². The van der Waals surface area contributed by atoms with E-state index < -0.39 is 17.7 Å². The van der Waals surface area contributed by atoms with Crippen LogP contribution in [0.4, 0.5) is 0 Å². The molecule has 0 aliphatic carbocycles. The highest BCUT2D eigenvalue weighted by Crippen LogP contribution is 2.40. The molecule has 7 heteroatoms. The number of aromatic nitrogens is 1. The Morgan fingerprint density at radius 2 is 1.71 bits per heavy atom. The van der Waals surface area contributed by atoms with Crippen molar-refractivity contribution in [1.82, 2.24) is 9.88 Å². The number of hydrogen-bond donors (Lipinski definition) is 1. The summed E-state index contributed by atoms with van der Waals surface area (Å²) < 4.78 is 11.2. The summed E-state index contributed by atoms with van der Waals surface area (Å²) in [6.45, 7) is 6.45. The third-order valence-electron chi connectivity index (χ3n) is 5.62. The van der Waals surface area contributed by atoms with Crippen molar-refractivity contribution < 1.29 is 24.2 Å². The van der Waals surface area contributed by atoms with Gasteiger partial charge in [0.15, 0.2) is 0 Å². The molecule has 1 unspecified atom stereocenters. The normalized spacial score (nSPS) is 17.1. The topological polar surface area (TPSA) is 89.0 Å². The number of aliphatic hydroxyl groups excluding tert-OH is 1. The summed E-state index contributed by atoms with van der Waals surface area (Å²) in [6, 6.07) is 16.9. The van der Waals surface area contributed by atoms with E-state index in [-0.39, 0.29) is 24.0 Å². The number of benzene rings is 2. The molecule has 1 saturated heterocycles. The zero-order chi connectivity index (χ0) is 24.9. The summed E-state index contributed by atoms with van der Waals surface area (Å²) in [6.07, 6.45) is 3.31. The second-order valence-electron chi connectivity index (χ2n) is 8.48. The number of likely N-dealkylation sites (tertiary alicyclic amines) is 1. The maximum atomic E-state index is 13.2. The molecule has 0 spiro atoms. The van der Waals surface area contributed by atoms with Gasteiger partial charge in [0.1, 0.15) is 17.3 Å². The van der Waals surface area contributed by atoms with Gasteiger partial charge in [-0.3, -0.25) is 14.6 Å². The molecular formula is C28H28N2O5. The van der Waals surface area contributed by atoms with E-state index in [2.05, 4.69) is 4.98 Å². The van der Waals surface area contributed by atoms with Gasteiger partial charge in [-0.15, -0.1) is 0 Å². The molecule has 0 radical (unpaired) electrons. The Balaban J connectivity index is 1.79. The molecule has 35 heavy (non-hydrogen) atoms. The quantitative estimate of drug-likeness (QED) is 0.285. The highest BCUT2D eigenvalue weighted by atomic mass is 16.5. The minimum atomic E-state index is -0.769. The van der Waals surface area contributed by atoms with Crippen LogP contribution in [0.1, 0.15) is 43.5 Å². The predicted molar refractivity (Wildman–Crippen MR) is 132 cm³/mol. The summed E-state index contributed by atoms with van der Waals surface area (Å²) in [4.78, 5) is 32.0. The Labute approximate surface area is 204 Å². The first-order chi connectivity index (χ1) is 16.9. The lowest BCUT2D eigenvalue weighted by atomic mass is 9.95. The van der Waals surface area contributed by atoms with Gasteiger partial charge in [-0.05, 0) is 74.4 Å². The van der Waals surface area contributed by atoms with E-state index >= 15 is 0 Å². The lowest BCUT2D eigenvalue weighted by Crippen LogP contribution is -2.29. The number of carbonyl (C=O) groups is 2. The first-order valence-electron chi connectivity index (χ1n) is 11.6. The summed E-state index contributed by atoms with van der Waals surface area (Å²) >= 11 is 0. The van der Waals surface area contributed by atoms with Gasteiger partial charge in [-0.1, -0.05) is 18.2 Å². The Hall–Kier alpha value is -4.13. The molecule has 2 heterocycles. The van der Waals surface area contributed by atoms with Crippen molar-refractivity contribution in [3.05, 3.63) is 95.3 Å². The smallest absolute Gasteiger partial charge is 0.295 e. The number of ketones is 1. The second-order valence-corrected chi connectivity index (χ2v) is 8.48. The fourth-order valence-corrected chi connectivity index (χ4v) is 4.11. The standard InChI is InChI=1S/C28H28N2O5/c1-4-34-22-11-9-21(10-12-22)26(31)24-25(20-7-13-23(14-8-20)35-18(2)3)30(28(33)27(24)32)17-19-6-5-15-29-16-19/h5-16,18,25,31H,4,17H2,1-3H3. The lowest BCUT2D eigenvalue weighted by Gasteiger charge is -2.25. The van der Waals surface area contributed by atoms with Crippen molar-refractivity contribution in [2.45, 2.75) is 39.5 Å². The minimum Gasteiger partial charge on any atom is -0.507 e. The number of rotatable bonds is 8. The van der Waals surface area contributed by atoms with Crippen LogP contribution < -0.4 is 9.47 Å². The zero-order valence-corrected chi connectivity index (χ0v) is 20.0. The molecule has 180 valence electrons. The van der Waals surface area contributed by atoms with Crippen molar-refractivity contribution >= 4 is 17.4 Å². The lowest BCUT2D eigenvalue weighted by molar-refractivity contribution is -0.140. The largest absolute Gasteiger partial charge is 0.507 e. The molecule has 1 fully saturated rings. The summed E-state index contributed by atoms with van der Waals surface area (Å²) in [5.41, 5.74) is 1.94. The molecule has 0 bridgehead atoms. The van der Waals surface area contributed by atoms with Crippen LogP contribution >= 0.6 is 0 Å². The molecule has 0 saturated carbocycles. The number of nitrogens with zero attached hydrogens (tertiary/aromatic N) is 2. The number of amides is 1. The van der Waals surface area contributed by atoms with E-state index in [0.717, 1.165) is 5.56 Å². The van der Waals surface area contributed by atoms with Crippen molar-refractivity contribution in [3.63, 3.8) is 0 Å². The van der Waals surface area contributed by atoms with Crippen LogP contribution in [0.3, 0.4) is 0 Å². The minimum absolute atomic E-state index is 0.0109. The SMILES string of the molecule is CCOc1ccc(C(O)=C2C(=O)C(=O)N(Cc3cccnc3)C2c2ccc(OC(C)C)cc2)cc1. The van der Waals surface area contributed by atoms with Crippen LogP contribution in [0, 0.1) is 0 Å². The Morgan fingerprint density at radius 3 is 2.31 bits per heavy atom. The van der Waals surface area contributed by atoms with Crippen LogP contribution in [0.2, 0.25) is 0 Å². The number of hydrogen-bond acceptors (Lipinski definition) is 6. The van der Waals surface area contributed by atoms with Crippen molar-refractivity contribution in [2.24, 2.45) is 0 Å². The molecular weight excluding hydrogens is 444 g/mol. The molecule has 1 aliphatic rings. The molecule has 1 aliphatic heterocycles. The molecule has 1 amide bonds. The van der Waals surface area contributed by atoms with Crippen molar-refractivity contribution in [1.29, 1.82) is 0 Å². The average molecular weight is 473 g/mol. The van der Waals surface area contributed by atoms with Gasteiger partial charge in [0, 0.05) is 24.5 Å². The van der Waals surface area contributed by atoms with Gasteiger partial charge in [0.25, 0.3) is 11.7 Å². The van der Waals surface area contributed by atoms with Gasteiger partial charge < -0.3 is 19.5 Å². The van der Waals surface area contributed by atoms with Crippen LogP contribution in [0.15, 0.2) is 78.6 Å². The van der Waals surface area contributed by atoms with E-state index in [1.807, 2.05) is 39.0 Å². The van der Waals surface area contributed by atoms with E-state index in [0.29, 0.717) is 29.2 Å².